The molecule has 0 aliphatic carbocycles. The second kappa shape index (κ2) is 18.3. The molecule has 6 aromatic rings. The molecule has 0 bridgehead atoms. The first-order valence-corrected chi connectivity index (χ1v) is 19.6. The first kappa shape index (κ1) is 42.7. The molecule has 0 saturated heterocycles. The van der Waals surface area contributed by atoms with Gasteiger partial charge in [-0.2, -0.15) is 8.78 Å². The zero-order chi connectivity index (χ0) is 42.4. The number of fused-ring (bicyclic) bond motifs is 5. The lowest BCUT2D eigenvalue weighted by atomic mass is 9.93. The van der Waals surface area contributed by atoms with Gasteiger partial charge in [-0.15, -0.1) is 0 Å². The molecule has 6 rings (SSSR count). The highest BCUT2D eigenvalue weighted by molar-refractivity contribution is 6.27. The number of halogens is 4. The largest absolute Gasteiger partial charge is 0.496 e. The van der Waals surface area contributed by atoms with E-state index in [4.69, 9.17) is 18.9 Å². The molecule has 0 fully saturated rings. The van der Waals surface area contributed by atoms with Crippen molar-refractivity contribution >= 4 is 49.9 Å². The van der Waals surface area contributed by atoms with Gasteiger partial charge in [0.1, 0.15) is 28.6 Å². The van der Waals surface area contributed by atoms with Crippen molar-refractivity contribution in [3.05, 3.63) is 107 Å². The standard InChI is InChI=1S/C47H48F4N2O6/c1-7-9-14-29(8-2)26-53-38-20-19-30(43(52-25-28(3)54)34-17-12-13-18-39(34)59-27-47(50,51)46(48)49)21-35(38)36-24-37(32-15-10-11-16-33(32)44(36)53)45(55)42-40(57-5)22-31(56-4)23-41(42)58-6/h10-13,15-24,29,46H,7-9,14,25-27H2,1-6H3. The fraction of sp³-hybridized carbons (Fsp3) is 0.340. The molecule has 1 aromatic heterocycles. The number of hydrogen-bond acceptors (Lipinski definition) is 7. The first-order chi connectivity index (χ1) is 28.4. The molecule has 59 heavy (non-hydrogen) atoms. The summed E-state index contributed by atoms with van der Waals surface area (Å²) in [6.45, 7) is 4.65. The molecule has 0 radical (unpaired) electrons. The van der Waals surface area contributed by atoms with Gasteiger partial charge in [0, 0.05) is 57.0 Å². The van der Waals surface area contributed by atoms with Crippen LogP contribution in [0.1, 0.15) is 73.5 Å². The van der Waals surface area contributed by atoms with E-state index in [-0.39, 0.29) is 52.2 Å². The van der Waals surface area contributed by atoms with Crippen molar-refractivity contribution in [3.8, 4) is 23.0 Å². The average molecular weight is 813 g/mol. The molecular formula is C47H48F4N2O6. The average Bonchev–Trinajstić information content (AvgIpc) is 3.55. The second-order valence-corrected chi connectivity index (χ2v) is 14.6. The Hall–Kier alpha value is -5.91. The topological polar surface area (TPSA) is 88.4 Å². The molecule has 310 valence electrons. The lowest BCUT2D eigenvalue weighted by molar-refractivity contribution is -0.148. The number of methoxy groups -OCH3 is 3. The van der Waals surface area contributed by atoms with E-state index in [1.165, 1.54) is 40.4 Å². The highest BCUT2D eigenvalue weighted by Crippen LogP contribution is 2.42. The van der Waals surface area contributed by atoms with Gasteiger partial charge >= 0.3 is 12.3 Å². The van der Waals surface area contributed by atoms with Gasteiger partial charge in [-0.25, -0.2) is 8.78 Å². The minimum atomic E-state index is -4.39. The van der Waals surface area contributed by atoms with E-state index in [9.17, 15) is 27.2 Å². The predicted molar refractivity (Wildman–Crippen MR) is 224 cm³/mol. The number of Topliss-reactive ketones (excluding diaryl/α,β-unsaturated/α-hetero) is 1. The van der Waals surface area contributed by atoms with Crippen LogP contribution in [0.2, 0.25) is 0 Å². The van der Waals surface area contributed by atoms with E-state index in [1.54, 1.807) is 24.3 Å². The summed E-state index contributed by atoms with van der Waals surface area (Å²) >= 11 is 0. The number of rotatable bonds is 19. The van der Waals surface area contributed by atoms with Crippen LogP contribution in [0.4, 0.5) is 17.6 Å². The van der Waals surface area contributed by atoms with Crippen LogP contribution in [0.3, 0.4) is 0 Å². The molecule has 0 saturated carbocycles. The van der Waals surface area contributed by atoms with Gasteiger partial charge in [0.05, 0.1) is 39.1 Å². The molecule has 1 heterocycles. The second-order valence-electron chi connectivity index (χ2n) is 14.6. The van der Waals surface area contributed by atoms with Gasteiger partial charge in [-0.1, -0.05) is 75.6 Å². The lowest BCUT2D eigenvalue weighted by Crippen LogP contribution is -2.34. The molecule has 0 aliphatic rings. The fourth-order valence-electron chi connectivity index (χ4n) is 7.58. The van der Waals surface area contributed by atoms with E-state index >= 15 is 0 Å². The van der Waals surface area contributed by atoms with Crippen molar-refractivity contribution in [2.75, 3.05) is 34.5 Å². The Kier molecular flexibility index (Phi) is 13.3. The Morgan fingerprint density at radius 2 is 1.46 bits per heavy atom. The molecule has 1 unspecified atom stereocenters. The maximum absolute atomic E-state index is 14.9. The van der Waals surface area contributed by atoms with Crippen molar-refractivity contribution in [1.82, 2.24) is 4.57 Å². The zero-order valence-corrected chi connectivity index (χ0v) is 34.0. The number of aromatic nitrogens is 1. The summed E-state index contributed by atoms with van der Waals surface area (Å²) in [7, 11) is 4.46. The third-order valence-corrected chi connectivity index (χ3v) is 10.6. The number of para-hydroxylation sites is 1. The van der Waals surface area contributed by atoms with Crippen molar-refractivity contribution in [3.63, 3.8) is 0 Å². The summed E-state index contributed by atoms with van der Waals surface area (Å²) < 4.78 is 78.9. The first-order valence-electron chi connectivity index (χ1n) is 19.6. The van der Waals surface area contributed by atoms with Crippen LogP contribution in [-0.4, -0.2) is 68.7 Å². The van der Waals surface area contributed by atoms with Gasteiger partial charge in [0.15, 0.2) is 12.4 Å². The van der Waals surface area contributed by atoms with Crippen LogP contribution in [0.25, 0.3) is 32.6 Å². The lowest BCUT2D eigenvalue weighted by Gasteiger charge is -2.19. The van der Waals surface area contributed by atoms with Gasteiger partial charge < -0.3 is 23.5 Å². The van der Waals surface area contributed by atoms with E-state index in [0.717, 1.165) is 58.3 Å². The Bertz CT molecular complexity index is 2500. The summed E-state index contributed by atoms with van der Waals surface area (Å²) in [6, 6.07) is 24.8. The highest BCUT2D eigenvalue weighted by atomic mass is 19.3. The van der Waals surface area contributed by atoms with Crippen LogP contribution in [0, 0.1) is 5.92 Å². The molecule has 0 N–H and O–H groups in total. The molecule has 0 spiro atoms. The number of carbonyl (C=O) groups excluding carboxylic acids is 2. The minimum Gasteiger partial charge on any atom is -0.496 e. The maximum Gasteiger partial charge on any atom is 0.340 e. The number of aliphatic imine (C=N–C) groups is 1. The SMILES string of the molecule is CCCCC(CC)Cn1c2ccc(C(=NCC(C)=O)c3ccccc3OCC(F)(F)C(F)F)cc2c2cc(C(=O)c3c(OC)cc(OC)cc3OC)c3ccccc3c21. The van der Waals surface area contributed by atoms with Gasteiger partial charge in [0.25, 0.3) is 0 Å². The van der Waals surface area contributed by atoms with Gasteiger partial charge in [-0.05, 0) is 55.0 Å². The number of ketones is 2. The van der Waals surface area contributed by atoms with Gasteiger partial charge in [0.2, 0.25) is 5.78 Å². The fourth-order valence-corrected chi connectivity index (χ4v) is 7.58. The summed E-state index contributed by atoms with van der Waals surface area (Å²) in [5.74, 6) is -3.71. The van der Waals surface area contributed by atoms with Crippen LogP contribution in [-0.2, 0) is 11.3 Å². The molecule has 1 atom stereocenters. The monoisotopic (exact) mass is 812 g/mol. The Morgan fingerprint density at radius 3 is 2.08 bits per heavy atom. The number of hydrogen-bond donors (Lipinski definition) is 0. The number of carbonyl (C=O) groups is 2. The number of alkyl halides is 4. The summed E-state index contributed by atoms with van der Waals surface area (Å²) in [5.41, 5.74) is 3.45. The van der Waals surface area contributed by atoms with Crippen LogP contribution in [0.15, 0.2) is 89.9 Å². The summed E-state index contributed by atoms with van der Waals surface area (Å²) in [4.78, 5) is 31.8. The maximum atomic E-state index is 14.9. The summed E-state index contributed by atoms with van der Waals surface area (Å²) in [6.07, 6.45) is 0.197. The van der Waals surface area contributed by atoms with Crippen molar-refractivity contribution in [2.45, 2.75) is 65.3 Å². The third-order valence-electron chi connectivity index (χ3n) is 10.6. The minimum absolute atomic E-state index is 0.0966. The molecular weight excluding hydrogens is 765 g/mol. The van der Waals surface area contributed by atoms with E-state index in [0.29, 0.717) is 29.3 Å². The van der Waals surface area contributed by atoms with E-state index in [2.05, 4.69) is 23.4 Å². The van der Waals surface area contributed by atoms with E-state index < -0.39 is 19.0 Å². The van der Waals surface area contributed by atoms with Crippen LogP contribution in [0.5, 0.6) is 23.0 Å². The number of unbranched alkanes of at least 4 members (excludes halogenated alkanes) is 1. The molecule has 5 aromatic carbocycles. The smallest absolute Gasteiger partial charge is 0.340 e. The van der Waals surface area contributed by atoms with Crippen LogP contribution >= 0.6 is 0 Å². The van der Waals surface area contributed by atoms with Crippen molar-refractivity contribution in [2.24, 2.45) is 10.9 Å². The third kappa shape index (κ3) is 8.77. The summed E-state index contributed by atoms with van der Waals surface area (Å²) in [5, 5.41) is 3.13. The predicted octanol–water partition coefficient (Wildman–Crippen LogP) is 11.1. The quantitative estimate of drug-likeness (QED) is 0.0460. The Labute approximate surface area is 340 Å². The normalized spacial score (nSPS) is 12.7. The molecule has 12 heteroatoms. The van der Waals surface area contributed by atoms with Gasteiger partial charge in [-0.3, -0.25) is 14.6 Å². The van der Waals surface area contributed by atoms with Crippen molar-refractivity contribution < 1.29 is 46.1 Å². The van der Waals surface area contributed by atoms with Crippen LogP contribution < -0.4 is 18.9 Å². The molecule has 0 aliphatic heterocycles. The molecule has 8 nitrogen and oxygen atoms in total. The Morgan fingerprint density at radius 1 is 0.780 bits per heavy atom. The van der Waals surface area contributed by atoms with Crippen molar-refractivity contribution in [1.29, 1.82) is 0 Å². The molecule has 0 amide bonds. The Balaban J connectivity index is 1.65. The number of ether oxygens (including phenoxy) is 4. The van der Waals surface area contributed by atoms with E-state index in [1.807, 2.05) is 48.5 Å². The highest BCUT2D eigenvalue weighted by Gasteiger charge is 2.42. The zero-order valence-electron chi connectivity index (χ0n) is 34.0. The number of benzene rings is 5. The number of nitrogens with zero attached hydrogens (tertiary/aromatic N) is 2.